The van der Waals surface area contributed by atoms with E-state index in [9.17, 15) is 39.6 Å². The highest BCUT2D eigenvalue weighted by molar-refractivity contribution is 5.94. The first-order valence-electron chi connectivity index (χ1n) is 16.5. The first kappa shape index (κ1) is 29.9. The summed E-state index contributed by atoms with van der Waals surface area (Å²) in [6.07, 6.45) is -5.17. The van der Waals surface area contributed by atoms with Gasteiger partial charge in [0.2, 0.25) is 5.79 Å². The topological polar surface area (TPSA) is 202 Å². The molecule has 4 N–H and O–H groups in total. The van der Waals surface area contributed by atoms with Gasteiger partial charge < -0.3 is 44.1 Å². The average molecular weight is 647 g/mol. The van der Waals surface area contributed by atoms with E-state index in [0.29, 0.717) is 0 Å². The van der Waals surface area contributed by atoms with Gasteiger partial charge in [0.25, 0.3) is 0 Å². The highest BCUT2D eigenvalue weighted by atomic mass is 16.8. The minimum absolute atomic E-state index is 0.0893. The largest absolute Gasteiger partial charge is 0.462 e. The zero-order valence-electron chi connectivity index (χ0n) is 26.9. The number of rotatable bonds is 2. The van der Waals surface area contributed by atoms with Gasteiger partial charge in [0.1, 0.15) is 36.1 Å². The maximum Gasteiger partial charge on any atom is 0.341 e. The van der Waals surface area contributed by atoms with Crippen LogP contribution in [0.3, 0.4) is 0 Å². The Morgan fingerprint density at radius 1 is 0.978 bits per heavy atom. The molecule has 9 fully saturated rings. The molecule has 13 heteroatoms. The lowest BCUT2D eigenvalue weighted by molar-refractivity contribution is -0.292. The molecule has 3 aliphatic heterocycles. The smallest absolute Gasteiger partial charge is 0.341 e. The molecule has 0 unspecified atom stereocenters. The maximum absolute atomic E-state index is 14.4. The van der Waals surface area contributed by atoms with E-state index in [0.717, 1.165) is 0 Å². The maximum atomic E-state index is 14.4. The molecule has 46 heavy (non-hydrogen) atoms. The summed E-state index contributed by atoms with van der Waals surface area (Å²) in [7, 11) is 0. The zero-order valence-corrected chi connectivity index (χ0v) is 26.9. The molecule has 19 atom stereocenters. The van der Waals surface area contributed by atoms with Crippen LogP contribution in [0.15, 0.2) is 0 Å². The van der Waals surface area contributed by atoms with E-state index in [4.69, 9.17) is 23.7 Å². The van der Waals surface area contributed by atoms with Crippen LogP contribution in [-0.2, 0) is 42.9 Å². The van der Waals surface area contributed by atoms with E-state index in [1.165, 1.54) is 20.8 Å². The first-order valence-corrected chi connectivity index (χ1v) is 16.5. The number of aliphatic hydroxyl groups is 4. The number of ketones is 1. The highest BCUT2D eigenvalue weighted by Gasteiger charge is 3.02. The van der Waals surface area contributed by atoms with Crippen molar-refractivity contribution in [2.24, 2.45) is 51.2 Å². The Morgan fingerprint density at radius 3 is 2.26 bits per heavy atom. The minimum Gasteiger partial charge on any atom is -0.462 e. The summed E-state index contributed by atoms with van der Waals surface area (Å²) in [6.45, 7) is 11.2. The number of Topliss-reactive ketones (excluding diaryl/α,β-unsaturated/α-hetero) is 1. The molecule has 252 valence electrons. The van der Waals surface area contributed by atoms with Crippen molar-refractivity contribution in [2.75, 3.05) is 0 Å². The second-order valence-electron chi connectivity index (χ2n) is 16.9. The standard InChI is InChI=1S/C33H42O13/c1-11-22-33(45-22)28(6,29(7,39)25(38)46-33)24-30(11)10-31(24,40)20-17-14(8-16(27(20,30)5)42-12(2)34)26(4)23(43-13(3)35)19-15(44-19)9-32(26,41)21(37)18(17)36/h11,14-20,22-24,36,39-41H,8-10H2,1-7H3/t11-,14+,15+,16+,17+,18-,19+,20+,22-,23+,24+,26+,27+,28+,29-,30+,31+,32+,33+/m1/s1. The summed E-state index contributed by atoms with van der Waals surface area (Å²) in [5.41, 5.74) is -10.8. The van der Waals surface area contributed by atoms with Crippen molar-refractivity contribution in [1.29, 1.82) is 0 Å². The molecule has 6 aliphatic carbocycles. The highest BCUT2D eigenvalue weighted by Crippen LogP contribution is 2.93. The Kier molecular flexibility index (Phi) is 5.00. The molecule has 0 aromatic heterocycles. The van der Waals surface area contributed by atoms with E-state index in [1.54, 1.807) is 13.8 Å². The van der Waals surface area contributed by atoms with Crippen LogP contribution in [0.4, 0.5) is 0 Å². The van der Waals surface area contributed by atoms with Crippen LogP contribution in [0, 0.1) is 51.2 Å². The fourth-order valence-corrected chi connectivity index (χ4v) is 14.1. The van der Waals surface area contributed by atoms with Gasteiger partial charge in [-0.05, 0) is 43.9 Å². The predicted molar refractivity (Wildman–Crippen MR) is 149 cm³/mol. The minimum atomic E-state index is -2.14. The van der Waals surface area contributed by atoms with Crippen LogP contribution >= 0.6 is 0 Å². The van der Waals surface area contributed by atoms with Crippen molar-refractivity contribution in [3.8, 4) is 0 Å². The summed E-state index contributed by atoms with van der Waals surface area (Å²) in [5.74, 6) is -8.14. The summed E-state index contributed by atoms with van der Waals surface area (Å²) in [4.78, 5) is 52.9. The van der Waals surface area contributed by atoms with Crippen molar-refractivity contribution >= 4 is 23.7 Å². The van der Waals surface area contributed by atoms with Crippen LogP contribution in [-0.4, -0.2) is 103 Å². The van der Waals surface area contributed by atoms with E-state index in [-0.39, 0.29) is 25.2 Å². The monoisotopic (exact) mass is 646 g/mol. The summed E-state index contributed by atoms with van der Waals surface area (Å²) >= 11 is 0. The molecular weight excluding hydrogens is 604 g/mol. The van der Waals surface area contributed by atoms with Crippen LogP contribution in [0.1, 0.15) is 67.7 Å². The van der Waals surface area contributed by atoms with E-state index >= 15 is 0 Å². The van der Waals surface area contributed by atoms with Crippen molar-refractivity contribution < 1.29 is 63.3 Å². The molecule has 3 saturated heterocycles. The number of hydrogen-bond acceptors (Lipinski definition) is 13. The third-order valence-electron chi connectivity index (χ3n) is 15.9. The predicted octanol–water partition coefficient (Wildman–Crippen LogP) is -0.230. The molecule has 0 aromatic rings. The molecule has 0 aromatic carbocycles. The van der Waals surface area contributed by atoms with Gasteiger partial charge in [-0.15, -0.1) is 0 Å². The van der Waals surface area contributed by atoms with Crippen LogP contribution in [0.5, 0.6) is 0 Å². The van der Waals surface area contributed by atoms with Gasteiger partial charge >= 0.3 is 17.9 Å². The number of hydrogen-bond donors (Lipinski definition) is 4. The Hall–Kier alpha value is -2.16. The summed E-state index contributed by atoms with van der Waals surface area (Å²) in [6, 6.07) is 0. The third-order valence-corrected chi connectivity index (χ3v) is 15.9. The normalized spacial score (nSPS) is 65.8. The van der Waals surface area contributed by atoms with Crippen molar-refractivity contribution in [2.45, 2.75) is 127 Å². The fourth-order valence-electron chi connectivity index (χ4n) is 14.1. The molecule has 6 saturated carbocycles. The Morgan fingerprint density at radius 2 is 1.63 bits per heavy atom. The summed E-state index contributed by atoms with van der Waals surface area (Å²) in [5, 5.41) is 49.4. The second-order valence-corrected chi connectivity index (χ2v) is 16.9. The Balaban J connectivity index is 1.28. The Bertz CT molecular complexity index is 1560. The number of ether oxygens (including phenoxy) is 5. The number of carbonyl (C=O) groups excluding carboxylic acids is 4. The number of carbonyl (C=O) groups is 4. The zero-order chi connectivity index (χ0) is 33.3. The van der Waals surface area contributed by atoms with Crippen LogP contribution < -0.4 is 0 Å². The van der Waals surface area contributed by atoms with Gasteiger partial charge in [0.05, 0.1) is 17.1 Å². The van der Waals surface area contributed by atoms with E-state index < -0.39 is 128 Å². The van der Waals surface area contributed by atoms with E-state index in [1.807, 2.05) is 13.8 Å². The molecule has 1 spiro atoms. The fraction of sp³-hybridized carbons (Fsp3) is 0.879. The molecule has 2 bridgehead atoms. The number of aliphatic hydroxyl groups excluding tert-OH is 1. The molecule has 0 radical (unpaired) electrons. The molecule has 9 rings (SSSR count). The molecule has 0 amide bonds. The number of epoxide rings is 2. The number of fused-ring (bicyclic) bond motifs is 7. The van der Waals surface area contributed by atoms with Gasteiger partial charge in [-0.3, -0.25) is 14.4 Å². The third kappa shape index (κ3) is 2.51. The second kappa shape index (κ2) is 7.68. The Labute approximate surface area is 265 Å². The lowest BCUT2D eigenvalue weighted by Crippen LogP contribution is -2.77. The van der Waals surface area contributed by atoms with E-state index in [2.05, 4.69) is 0 Å². The van der Waals surface area contributed by atoms with Gasteiger partial charge in [-0.2, -0.15) is 0 Å². The molecule has 13 nitrogen and oxygen atoms in total. The van der Waals surface area contributed by atoms with Gasteiger partial charge in [0.15, 0.2) is 11.4 Å². The first-order chi connectivity index (χ1) is 21.2. The van der Waals surface area contributed by atoms with Crippen molar-refractivity contribution in [3.05, 3.63) is 0 Å². The molecule has 9 aliphatic rings. The quantitative estimate of drug-likeness (QED) is 0.174. The average Bonchev–Trinajstić information content (AvgIpc) is 3.83. The number of esters is 3. The summed E-state index contributed by atoms with van der Waals surface area (Å²) < 4.78 is 29.9. The SMILES string of the molecule is CC(=O)O[C@H]1C[C@H]2[C@H]([C@@H]3[C@@]4(O)C[C@@]5([C@H](C)[C@H]6O[C@]67OC(=O)[C@@](C)(O)[C@]7(C)[C@H]45)[C@@]13C)[C@@H](O)C(=O)[C@@]1(O)C[C@@H]3O[C@@H]3[C@H](OC(C)=O)[C@]21C. The lowest BCUT2D eigenvalue weighted by atomic mass is 9.35. The molecular formula is C33H42O13. The van der Waals surface area contributed by atoms with Gasteiger partial charge in [-0.25, -0.2) is 4.79 Å². The van der Waals surface area contributed by atoms with Crippen LogP contribution in [0.2, 0.25) is 0 Å². The van der Waals surface area contributed by atoms with Gasteiger partial charge in [-0.1, -0.05) is 20.8 Å². The van der Waals surface area contributed by atoms with Crippen molar-refractivity contribution in [3.63, 3.8) is 0 Å². The van der Waals surface area contributed by atoms with Crippen molar-refractivity contribution in [1.82, 2.24) is 0 Å². The van der Waals surface area contributed by atoms with Crippen LogP contribution in [0.25, 0.3) is 0 Å². The molecule has 3 heterocycles. The van der Waals surface area contributed by atoms with Gasteiger partial charge in [0, 0.05) is 48.9 Å². The lowest BCUT2D eigenvalue weighted by Gasteiger charge is -2.68.